The molecule has 132 valence electrons. The van der Waals surface area contributed by atoms with Crippen LogP contribution in [0.25, 0.3) is 0 Å². The zero-order valence-corrected chi connectivity index (χ0v) is 17.1. The van der Waals surface area contributed by atoms with Crippen molar-refractivity contribution in [2.45, 2.75) is 38.6 Å². The number of nitrogens with one attached hydrogen (secondary N) is 2. The van der Waals surface area contributed by atoms with Crippen LogP contribution in [0.15, 0.2) is 27.8 Å². The Kier molecular flexibility index (Phi) is 8.39. The maximum absolute atomic E-state index is 5.54. The number of hydrogen-bond donors (Lipinski definition) is 2. The minimum Gasteiger partial charge on any atom is -0.468 e. The minimum atomic E-state index is 0. The normalized spacial score (nSPS) is 18.0. The summed E-state index contributed by atoms with van der Waals surface area (Å²) in [6.45, 7) is 4.06. The van der Waals surface area contributed by atoms with E-state index in [1.165, 1.54) is 25.7 Å². The summed E-state index contributed by atoms with van der Waals surface area (Å²) in [6, 6.07) is 4.14. The molecule has 5 nitrogen and oxygen atoms in total. The van der Waals surface area contributed by atoms with Gasteiger partial charge >= 0.3 is 0 Å². The first-order valence-corrected chi connectivity index (χ1v) is 8.24. The third-order valence-corrected chi connectivity index (χ3v) is 4.98. The van der Waals surface area contributed by atoms with Crippen LogP contribution in [-0.2, 0) is 0 Å². The molecule has 1 atom stereocenters. The van der Waals surface area contributed by atoms with E-state index in [1.807, 2.05) is 19.2 Å². The van der Waals surface area contributed by atoms with Gasteiger partial charge in [-0.1, -0.05) is 13.3 Å². The number of aliphatic imine (C=N–C) groups is 1. The maximum atomic E-state index is 5.54. The lowest BCUT2D eigenvalue weighted by Gasteiger charge is -2.41. The molecule has 1 unspecified atom stereocenters. The Hall–Kier alpha value is -0.760. The second-order valence-corrected chi connectivity index (χ2v) is 6.51. The molecule has 6 heteroatoms. The summed E-state index contributed by atoms with van der Waals surface area (Å²) >= 11 is 0. The van der Waals surface area contributed by atoms with Crippen molar-refractivity contribution < 1.29 is 4.42 Å². The summed E-state index contributed by atoms with van der Waals surface area (Å²) in [5, 5.41) is 6.91. The Bertz CT molecular complexity index is 463. The van der Waals surface area contributed by atoms with Crippen molar-refractivity contribution in [3.05, 3.63) is 24.2 Å². The van der Waals surface area contributed by atoms with E-state index in [9.17, 15) is 0 Å². The standard InChI is InChI=1S/C17H30N4O.HI/c1-5-17(9-7-10-17)13-20-16(18-2)19-12-14(21(3)4)15-8-6-11-22-15;/h6,8,11,14H,5,7,9-10,12-13H2,1-4H3,(H2,18,19,20);1H. The molecule has 1 aliphatic carbocycles. The number of rotatable bonds is 7. The molecule has 1 heterocycles. The fourth-order valence-corrected chi connectivity index (χ4v) is 3.04. The zero-order valence-electron chi connectivity index (χ0n) is 14.8. The minimum absolute atomic E-state index is 0. The summed E-state index contributed by atoms with van der Waals surface area (Å²) in [5.74, 6) is 1.84. The van der Waals surface area contributed by atoms with Gasteiger partial charge in [-0.3, -0.25) is 9.89 Å². The van der Waals surface area contributed by atoms with E-state index in [1.54, 1.807) is 6.26 Å². The second-order valence-electron chi connectivity index (χ2n) is 6.51. The van der Waals surface area contributed by atoms with Gasteiger partial charge in [-0.15, -0.1) is 24.0 Å². The van der Waals surface area contributed by atoms with Crippen molar-refractivity contribution in [2.75, 3.05) is 34.2 Å². The molecule has 1 saturated carbocycles. The molecule has 0 amide bonds. The number of furan rings is 1. The average molecular weight is 434 g/mol. The van der Waals surface area contributed by atoms with Gasteiger partial charge in [0.15, 0.2) is 5.96 Å². The summed E-state index contributed by atoms with van der Waals surface area (Å²) < 4.78 is 5.54. The summed E-state index contributed by atoms with van der Waals surface area (Å²) in [4.78, 5) is 6.49. The van der Waals surface area contributed by atoms with Crippen LogP contribution in [0.4, 0.5) is 0 Å². The van der Waals surface area contributed by atoms with E-state index >= 15 is 0 Å². The Labute approximate surface area is 157 Å². The van der Waals surface area contributed by atoms with Crippen LogP contribution in [0.2, 0.25) is 0 Å². The van der Waals surface area contributed by atoms with E-state index in [0.29, 0.717) is 5.41 Å². The summed E-state index contributed by atoms with van der Waals surface area (Å²) in [6.07, 6.45) is 6.99. The molecular formula is C17H31IN4O. The molecular weight excluding hydrogens is 403 g/mol. The average Bonchev–Trinajstić information content (AvgIpc) is 2.98. The molecule has 1 fully saturated rings. The molecule has 23 heavy (non-hydrogen) atoms. The van der Waals surface area contributed by atoms with Crippen LogP contribution >= 0.6 is 24.0 Å². The summed E-state index contributed by atoms with van der Waals surface area (Å²) in [5.41, 5.74) is 0.486. The van der Waals surface area contributed by atoms with E-state index < -0.39 is 0 Å². The number of guanidine groups is 1. The molecule has 1 aliphatic rings. The largest absolute Gasteiger partial charge is 0.468 e. The molecule has 2 N–H and O–H groups in total. The Morgan fingerprint density at radius 1 is 1.39 bits per heavy atom. The van der Waals surface area contributed by atoms with E-state index in [4.69, 9.17) is 4.42 Å². The van der Waals surface area contributed by atoms with Crippen LogP contribution in [-0.4, -0.2) is 45.1 Å². The molecule has 1 aromatic heterocycles. The number of halogens is 1. The fraction of sp³-hybridized carbons (Fsp3) is 0.706. The van der Waals surface area contributed by atoms with Crippen LogP contribution in [0, 0.1) is 5.41 Å². The second kappa shape index (κ2) is 9.52. The highest BCUT2D eigenvalue weighted by Crippen LogP contribution is 2.42. The number of hydrogen-bond acceptors (Lipinski definition) is 3. The highest BCUT2D eigenvalue weighted by atomic mass is 127. The molecule has 1 aromatic rings. The number of nitrogens with zero attached hydrogens (tertiary/aromatic N) is 2. The lowest BCUT2D eigenvalue weighted by molar-refractivity contribution is 0.131. The Balaban J connectivity index is 0.00000264. The van der Waals surface area contributed by atoms with Gasteiger partial charge in [0.25, 0.3) is 0 Å². The van der Waals surface area contributed by atoms with Crippen molar-refractivity contribution in [1.82, 2.24) is 15.5 Å². The first kappa shape index (κ1) is 20.3. The quantitative estimate of drug-likeness (QED) is 0.393. The summed E-state index contributed by atoms with van der Waals surface area (Å²) in [7, 11) is 5.95. The van der Waals surface area contributed by atoms with Gasteiger partial charge in [-0.25, -0.2) is 0 Å². The van der Waals surface area contributed by atoms with Gasteiger partial charge in [0.1, 0.15) is 5.76 Å². The fourth-order valence-electron chi connectivity index (χ4n) is 3.04. The highest BCUT2D eigenvalue weighted by Gasteiger charge is 2.34. The van der Waals surface area contributed by atoms with Crippen molar-refractivity contribution in [3.8, 4) is 0 Å². The predicted molar refractivity (Wildman–Crippen MR) is 106 cm³/mol. The third-order valence-electron chi connectivity index (χ3n) is 4.98. The van der Waals surface area contributed by atoms with Crippen LogP contribution in [0.5, 0.6) is 0 Å². The van der Waals surface area contributed by atoms with Gasteiger partial charge in [0, 0.05) is 20.1 Å². The lowest BCUT2D eigenvalue weighted by Crippen LogP contribution is -2.47. The Morgan fingerprint density at radius 2 is 2.13 bits per heavy atom. The molecule has 0 aliphatic heterocycles. The van der Waals surface area contributed by atoms with Crippen molar-refractivity contribution in [3.63, 3.8) is 0 Å². The van der Waals surface area contributed by atoms with Gasteiger partial charge in [-0.2, -0.15) is 0 Å². The molecule has 0 bridgehead atoms. The van der Waals surface area contributed by atoms with Gasteiger partial charge < -0.3 is 15.1 Å². The number of likely N-dealkylation sites (N-methyl/N-ethyl adjacent to an activating group) is 1. The Morgan fingerprint density at radius 3 is 2.57 bits per heavy atom. The van der Waals surface area contributed by atoms with Crippen LogP contribution in [0.3, 0.4) is 0 Å². The van der Waals surface area contributed by atoms with E-state index in [-0.39, 0.29) is 30.0 Å². The SMILES string of the molecule is CCC1(CNC(=NC)NCC(c2ccco2)N(C)C)CCC1.I. The first-order chi connectivity index (χ1) is 10.6. The maximum Gasteiger partial charge on any atom is 0.191 e. The third kappa shape index (κ3) is 5.38. The van der Waals surface area contributed by atoms with E-state index in [2.05, 4.69) is 41.5 Å². The van der Waals surface area contributed by atoms with Gasteiger partial charge in [-0.05, 0) is 50.9 Å². The molecule has 0 radical (unpaired) electrons. The molecule has 2 rings (SSSR count). The predicted octanol–water partition coefficient (Wildman–Crippen LogP) is 3.25. The van der Waals surface area contributed by atoms with Crippen LogP contribution < -0.4 is 10.6 Å². The molecule has 0 saturated heterocycles. The van der Waals surface area contributed by atoms with Crippen LogP contribution in [0.1, 0.15) is 44.4 Å². The van der Waals surface area contributed by atoms with Crippen molar-refractivity contribution in [1.29, 1.82) is 0 Å². The zero-order chi connectivity index (χ0) is 16.0. The molecule has 0 aromatic carbocycles. The van der Waals surface area contributed by atoms with Crippen molar-refractivity contribution >= 4 is 29.9 Å². The van der Waals surface area contributed by atoms with E-state index in [0.717, 1.165) is 24.8 Å². The molecule has 0 spiro atoms. The van der Waals surface area contributed by atoms with Crippen molar-refractivity contribution in [2.24, 2.45) is 10.4 Å². The first-order valence-electron chi connectivity index (χ1n) is 8.24. The highest BCUT2D eigenvalue weighted by molar-refractivity contribution is 14.0. The lowest BCUT2D eigenvalue weighted by atomic mass is 9.67. The topological polar surface area (TPSA) is 52.8 Å². The van der Waals surface area contributed by atoms with Gasteiger partial charge in [0.05, 0.1) is 12.3 Å². The monoisotopic (exact) mass is 434 g/mol. The smallest absolute Gasteiger partial charge is 0.191 e. The van der Waals surface area contributed by atoms with Gasteiger partial charge in [0.2, 0.25) is 0 Å².